The zero-order valence-electron chi connectivity index (χ0n) is 20.1. The number of carbonyl (C=O) groups is 1. The average molecular weight is 536 g/mol. The van der Waals surface area contributed by atoms with E-state index in [1.165, 1.54) is 39.5 Å². The van der Waals surface area contributed by atoms with Crippen LogP contribution in [0.3, 0.4) is 0 Å². The van der Waals surface area contributed by atoms with E-state index in [1.54, 1.807) is 0 Å². The number of rotatable bonds is 7. The van der Waals surface area contributed by atoms with Crippen molar-refractivity contribution >= 4 is 16.9 Å². The summed E-state index contributed by atoms with van der Waals surface area (Å²) in [5.41, 5.74) is -1.12. The van der Waals surface area contributed by atoms with Crippen molar-refractivity contribution < 1.29 is 63.5 Å². The first-order chi connectivity index (χ1) is 18.0. The number of ether oxygens (including phenoxy) is 5. The van der Waals surface area contributed by atoms with Crippen molar-refractivity contribution in [1.29, 1.82) is 0 Å². The Balaban J connectivity index is 1.96. The maximum atomic E-state index is 13.6. The summed E-state index contributed by atoms with van der Waals surface area (Å²) < 4.78 is 32.1. The number of aliphatic hydroxyl groups excluding tert-OH is 3. The van der Waals surface area contributed by atoms with Gasteiger partial charge in [-0.1, -0.05) is 0 Å². The highest BCUT2D eigenvalue weighted by molar-refractivity contribution is 5.91. The van der Waals surface area contributed by atoms with Crippen LogP contribution in [0.1, 0.15) is 0 Å². The number of benzene rings is 2. The molecule has 2 heterocycles. The van der Waals surface area contributed by atoms with Gasteiger partial charge < -0.3 is 58.7 Å². The number of methoxy groups -OCH3 is 3. The summed E-state index contributed by atoms with van der Waals surface area (Å²) in [6.07, 6.45) is -10.0. The Morgan fingerprint density at radius 3 is 2.13 bits per heavy atom. The van der Waals surface area contributed by atoms with E-state index in [0.717, 1.165) is 6.07 Å². The Bertz CT molecular complexity index is 1430. The lowest BCUT2D eigenvalue weighted by molar-refractivity contribution is -0.271. The molecule has 0 amide bonds. The maximum absolute atomic E-state index is 13.6. The predicted molar refractivity (Wildman–Crippen MR) is 126 cm³/mol. The third-order valence-electron chi connectivity index (χ3n) is 5.97. The smallest absolute Gasteiger partial charge is 0.335 e. The van der Waals surface area contributed by atoms with Crippen molar-refractivity contribution in [3.8, 4) is 45.8 Å². The molecule has 4 rings (SSSR count). The first-order valence-electron chi connectivity index (χ1n) is 10.9. The molecular weight excluding hydrogens is 512 g/mol. The fourth-order valence-electron chi connectivity index (χ4n) is 3.98. The van der Waals surface area contributed by atoms with Crippen molar-refractivity contribution in [2.24, 2.45) is 0 Å². The Morgan fingerprint density at radius 1 is 0.868 bits per heavy atom. The SMILES string of the molecule is COc1ccc(-c2oc3cc(OC)c(O)c(O)c3c(=O)c2O[C@@H]2O[C@H](C(=O)O)[C@@H](O)[C@H](O)[C@H]2O)cc1OC. The van der Waals surface area contributed by atoms with Gasteiger partial charge in [-0.05, 0) is 18.2 Å². The second kappa shape index (κ2) is 10.3. The summed E-state index contributed by atoms with van der Waals surface area (Å²) in [6, 6.07) is 5.52. The van der Waals surface area contributed by atoms with Crippen LogP contribution in [-0.2, 0) is 9.53 Å². The molecule has 0 radical (unpaired) electrons. The molecule has 0 spiro atoms. The van der Waals surface area contributed by atoms with Gasteiger partial charge >= 0.3 is 5.97 Å². The van der Waals surface area contributed by atoms with E-state index in [0.29, 0.717) is 5.75 Å². The van der Waals surface area contributed by atoms with Gasteiger partial charge in [0.15, 0.2) is 34.9 Å². The predicted octanol–water partition coefficient (Wildman–Crippen LogP) is 0.168. The number of hydrogen-bond donors (Lipinski definition) is 6. The first-order valence-corrected chi connectivity index (χ1v) is 10.9. The maximum Gasteiger partial charge on any atom is 0.335 e. The van der Waals surface area contributed by atoms with Crippen LogP contribution in [0.4, 0.5) is 0 Å². The highest BCUT2D eigenvalue weighted by atomic mass is 16.7. The Kier molecular flexibility index (Phi) is 7.24. The molecule has 0 aliphatic carbocycles. The fourth-order valence-corrected chi connectivity index (χ4v) is 3.98. The molecule has 1 saturated heterocycles. The normalized spacial score (nSPS) is 23.2. The monoisotopic (exact) mass is 536 g/mol. The van der Waals surface area contributed by atoms with Crippen LogP contribution in [0, 0.1) is 0 Å². The van der Waals surface area contributed by atoms with Crippen molar-refractivity contribution in [3.05, 3.63) is 34.5 Å². The van der Waals surface area contributed by atoms with Gasteiger partial charge in [-0.3, -0.25) is 4.79 Å². The molecule has 6 N–H and O–H groups in total. The van der Waals surface area contributed by atoms with Crippen LogP contribution >= 0.6 is 0 Å². The molecule has 1 aliphatic rings. The molecule has 0 bridgehead atoms. The highest BCUT2D eigenvalue weighted by Gasteiger charge is 2.48. The topological polar surface area (TPSA) is 215 Å². The van der Waals surface area contributed by atoms with Gasteiger partial charge in [-0.15, -0.1) is 0 Å². The Morgan fingerprint density at radius 2 is 1.53 bits per heavy atom. The number of aromatic hydroxyl groups is 2. The van der Waals surface area contributed by atoms with Crippen molar-refractivity contribution in [2.45, 2.75) is 30.7 Å². The minimum Gasteiger partial charge on any atom is -0.504 e. The number of fused-ring (bicyclic) bond motifs is 1. The van der Waals surface area contributed by atoms with Crippen LogP contribution in [0.2, 0.25) is 0 Å². The van der Waals surface area contributed by atoms with Gasteiger partial charge in [0, 0.05) is 11.6 Å². The summed E-state index contributed by atoms with van der Waals surface area (Å²) in [4.78, 5) is 25.1. The minimum absolute atomic E-state index is 0.170. The number of phenolic OH excluding ortho intramolecular Hbond substituents is 2. The van der Waals surface area contributed by atoms with E-state index in [2.05, 4.69) is 0 Å². The number of aliphatic carboxylic acids is 1. The molecule has 1 aliphatic heterocycles. The second-order valence-corrected chi connectivity index (χ2v) is 8.16. The molecule has 1 fully saturated rings. The van der Waals surface area contributed by atoms with Crippen LogP contribution in [0.15, 0.2) is 33.5 Å². The molecule has 0 saturated carbocycles. The molecule has 204 valence electrons. The molecule has 0 unspecified atom stereocenters. The Hall–Kier alpha value is -4.24. The number of phenols is 2. The number of hydrogen-bond acceptors (Lipinski definition) is 13. The zero-order valence-corrected chi connectivity index (χ0v) is 20.1. The van der Waals surface area contributed by atoms with Crippen LogP contribution in [0.5, 0.6) is 34.5 Å². The largest absolute Gasteiger partial charge is 0.504 e. The van der Waals surface area contributed by atoms with Crippen molar-refractivity contribution in [1.82, 2.24) is 0 Å². The van der Waals surface area contributed by atoms with E-state index in [-0.39, 0.29) is 28.4 Å². The lowest BCUT2D eigenvalue weighted by Crippen LogP contribution is -2.61. The fraction of sp³-hybridized carbons (Fsp3) is 0.333. The summed E-state index contributed by atoms with van der Waals surface area (Å²) >= 11 is 0. The Labute approximate surface area is 213 Å². The van der Waals surface area contributed by atoms with Crippen molar-refractivity contribution in [3.63, 3.8) is 0 Å². The van der Waals surface area contributed by atoms with Gasteiger partial charge in [0.2, 0.25) is 23.2 Å². The number of aliphatic hydroxyl groups is 3. The van der Waals surface area contributed by atoms with Gasteiger partial charge in [-0.2, -0.15) is 0 Å². The minimum atomic E-state index is -2.02. The first kappa shape index (κ1) is 26.8. The molecule has 14 heteroatoms. The van der Waals surface area contributed by atoms with E-state index in [1.807, 2.05) is 0 Å². The molecule has 5 atom stereocenters. The number of carboxylic acids is 1. The average Bonchev–Trinajstić information content (AvgIpc) is 2.91. The van der Waals surface area contributed by atoms with Gasteiger partial charge in [-0.25, -0.2) is 4.79 Å². The van der Waals surface area contributed by atoms with E-state index in [9.17, 15) is 40.2 Å². The molecule has 2 aromatic carbocycles. The van der Waals surface area contributed by atoms with Crippen LogP contribution in [-0.4, -0.2) is 88.6 Å². The molecule has 3 aromatic rings. The molecule has 1 aromatic heterocycles. The van der Waals surface area contributed by atoms with Crippen LogP contribution < -0.4 is 24.4 Å². The zero-order chi connectivity index (χ0) is 27.9. The van der Waals surface area contributed by atoms with E-state index < -0.39 is 64.7 Å². The quantitative estimate of drug-likeness (QED) is 0.222. The summed E-state index contributed by atoms with van der Waals surface area (Å²) in [5.74, 6) is -3.98. The van der Waals surface area contributed by atoms with E-state index in [4.69, 9.17) is 28.1 Å². The van der Waals surface area contributed by atoms with Gasteiger partial charge in [0.25, 0.3) is 0 Å². The van der Waals surface area contributed by atoms with E-state index >= 15 is 0 Å². The van der Waals surface area contributed by atoms with Crippen LogP contribution in [0.25, 0.3) is 22.3 Å². The standard InChI is InChI=1S/C24H24O14/c1-33-9-5-4-8(6-10(9)34-2)20-21(37-24-19(30)17(28)18(29)22(38-24)23(31)32)16(27)13-11(36-20)7-12(35-3)14(25)15(13)26/h4-7,17-19,22,24-26,28-30H,1-3H3,(H,31,32)/t17-,18-,19+,22-,24+/m0/s1. The third kappa shape index (κ3) is 4.39. The van der Waals surface area contributed by atoms with Crippen molar-refractivity contribution in [2.75, 3.05) is 21.3 Å². The van der Waals surface area contributed by atoms with Gasteiger partial charge in [0.05, 0.1) is 21.3 Å². The second-order valence-electron chi connectivity index (χ2n) is 8.16. The molecule has 14 nitrogen and oxygen atoms in total. The molecule has 38 heavy (non-hydrogen) atoms. The lowest BCUT2D eigenvalue weighted by atomic mass is 9.99. The third-order valence-corrected chi connectivity index (χ3v) is 5.97. The summed E-state index contributed by atoms with van der Waals surface area (Å²) in [6.45, 7) is 0. The molecular formula is C24H24O14. The summed E-state index contributed by atoms with van der Waals surface area (Å²) in [7, 11) is 3.99. The van der Waals surface area contributed by atoms with Gasteiger partial charge in [0.1, 0.15) is 29.3 Å². The lowest BCUT2D eigenvalue weighted by Gasteiger charge is -2.38. The number of carboxylic acid groups (broad SMARTS) is 1. The highest BCUT2D eigenvalue weighted by Crippen LogP contribution is 2.44. The summed E-state index contributed by atoms with van der Waals surface area (Å²) in [5, 5.41) is 60.1.